The van der Waals surface area contributed by atoms with Crippen LogP contribution >= 0.6 is 0 Å². The second-order valence-corrected chi connectivity index (χ2v) is 9.61. The van der Waals surface area contributed by atoms with Crippen molar-refractivity contribution >= 4 is 0 Å². The highest BCUT2D eigenvalue weighted by molar-refractivity contribution is 5.39. The van der Waals surface area contributed by atoms with E-state index in [9.17, 15) is 10.2 Å². The van der Waals surface area contributed by atoms with Crippen molar-refractivity contribution in [3.8, 4) is 0 Å². The highest BCUT2D eigenvalue weighted by atomic mass is 16.6. The fraction of sp³-hybridized carbons (Fsp3) is 0.905. The molecule has 1 saturated heterocycles. The summed E-state index contributed by atoms with van der Waals surface area (Å²) in [6.45, 7) is 9.27. The summed E-state index contributed by atoms with van der Waals surface area (Å²) in [5.41, 5.74) is 1.37. The van der Waals surface area contributed by atoms with Crippen LogP contribution < -0.4 is 0 Å². The van der Waals surface area contributed by atoms with E-state index in [1.165, 1.54) is 11.1 Å². The molecule has 2 saturated carbocycles. The van der Waals surface area contributed by atoms with E-state index in [-0.39, 0.29) is 29.5 Å². The van der Waals surface area contributed by atoms with Crippen LogP contribution in [0.25, 0.3) is 0 Å². The van der Waals surface area contributed by atoms with Crippen LogP contribution in [0.1, 0.15) is 59.8 Å². The van der Waals surface area contributed by atoms with E-state index in [1.54, 1.807) is 7.11 Å². The SMILES string of the molecule is COC[C@@]1(O)CC[C@H]2[C@@H](C)[C@@H](O)CC3=C(C(C)C)CC[C@]3(C)[C@H]3O[C@@]231. The summed E-state index contributed by atoms with van der Waals surface area (Å²) in [6, 6.07) is 0. The molecule has 2 N–H and O–H groups in total. The molecule has 0 unspecified atom stereocenters. The highest BCUT2D eigenvalue weighted by Crippen LogP contribution is 2.70. The van der Waals surface area contributed by atoms with Gasteiger partial charge < -0.3 is 19.7 Å². The van der Waals surface area contributed by atoms with Crippen molar-refractivity contribution in [1.29, 1.82) is 0 Å². The van der Waals surface area contributed by atoms with Gasteiger partial charge in [0.2, 0.25) is 0 Å². The van der Waals surface area contributed by atoms with Crippen molar-refractivity contribution in [2.45, 2.75) is 83.2 Å². The lowest BCUT2D eigenvalue weighted by Crippen LogP contribution is -2.54. The number of hydrogen-bond acceptors (Lipinski definition) is 4. The van der Waals surface area contributed by atoms with Crippen molar-refractivity contribution in [3.05, 3.63) is 11.1 Å². The molecule has 0 aromatic heterocycles. The maximum Gasteiger partial charge on any atom is 0.130 e. The van der Waals surface area contributed by atoms with Crippen molar-refractivity contribution in [3.63, 3.8) is 0 Å². The zero-order chi connectivity index (χ0) is 18.2. The first-order chi connectivity index (χ1) is 11.7. The van der Waals surface area contributed by atoms with Gasteiger partial charge in [-0.3, -0.25) is 0 Å². The molecule has 3 aliphatic carbocycles. The average molecular weight is 350 g/mol. The lowest BCUT2D eigenvalue weighted by atomic mass is 9.63. The number of allylic oxidation sites excluding steroid dienone is 1. The van der Waals surface area contributed by atoms with Crippen LogP contribution in [0.5, 0.6) is 0 Å². The first-order valence-electron chi connectivity index (χ1n) is 10.0. The second-order valence-electron chi connectivity index (χ2n) is 9.61. The number of aliphatic hydroxyl groups excluding tert-OH is 1. The number of ether oxygens (including phenoxy) is 2. The topological polar surface area (TPSA) is 62.2 Å². The molecule has 1 heterocycles. The van der Waals surface area contributed by atoms with Gasteiger partial charge in [-0.1, -0.05) is 38.8 Å². The molecule has 4 nitrogen and oxygen atoms in total. The number of methoxy groups -OCH3 is 1. The summed E-state index contributed by atoms with van der Waals surface area (Å²) in [5, 5.41) is 22.5. The monoisotopic (exact) mass is 350 g/mol. The van der Waals surface area contributed by atoms with E-state index in [4.69, 9.17) is 9.47 Å². The fourth-order valence-corrected chi connectivity index (χ4v) is 6.64. The number of rotatable bonds is 3. The number of epoxide rings is 1. The molecule has 1 spiro atoms. The zero-order valence-corrected chi connectivity index (χ0v) is 16.3. The van der Waals surface area contributed by atoms with Gasteiger partial charge >= 0.3 is 0 Å². The van der Waals surface area contributed by atoms with E-state index in [1.807, 2.05) is 0 Å². The van der Waals surface area contributed by atoms with E-state index >= 15 is 0 Å². The van der Waals surface area contributed by atoms with Crippen LogP contribution in [0.15, 0.2) is 11.1 Å². The lowest BCUT2D eigenvalue weighted by molar-refractivity contribution is -0.0880. The minimum Gasteiger partial charge on any atom is -0.393 e. The van der Waals surface area contributed by atoms with E-state index in [0.29, 0.717) is 18.9 Å². The maximum atomic E-state index is 11.5. The van der Waals surface area contributed by atoms with Crippen molar-refractivity contribution < 1.29 is 19.7 Å². The van der Waals surface area contributed by atoms with Gasteiger partial charge in [-0.25, -0.2) is 0 Å². The van der Waals surface area contributed by atoms with Crippen molar-refractivity contribution in [2.24, 2.45) is 23.2 Å². The summed E-state index contributed by atoms with van der Waals surface area (Å²) in [5.74, 6) is 0.835. The maximum absolute atomic E-state index is 11.5. The molecule has 0 radical (unpaired) electrons. The molecule has 3 fully saturated rings. The average Bonchev–Trinajstić information content (AvgIpc) is 3.14. The fourth-order valence-electron chi connectivity index (χ4n) is 6.64. The van der Waals surface area contributed by atoms with E-state index in [0.717, 1.165) is 25.7 Å². The standard InChI is InChI=1S/C21H34O4/c1-12(2)14-6-8-19(4)16(14)10-17(22)13(3)15-7-9-20(23,11-24-5)21(15)18(19)25-21/h12-13,15,17-18,22-23H,6-11H2,1-5H3/t13-,15+,17+,18-,19+,20+,21+/m1/s1. The van der Waals surface area contributed by atoms with Gasteiger partial charge in [0.25, 0.3) is 0 Å². The van der Waals surface area contributed by atoms with Crippen LogP contribution in [0.2, 0.25) is 0 Å². The first kappa shape index (κ1) is 18.0. The number of hydrogen-bond donors (Lipinski definition) is 2. The van der Waals surface area contributed by atoms with Gasteiger partial charge in [0.1, 0.15) is 11.2 Å². The minimum atomic E-state index is -0.933. The molecule has 4 aliphatic rings. The summed E-state index contributed by atoms with van der Waals surface area (Å²) in [7, 11) is 1.65. The molecule has 25 heavy (non-hydrogen) atoms. The molecule has 0 aromatic rings. The van der Waals surface area contributed by atoms with Gasteiger partial charge in [-0.15, -0.1) is 0 Å². The normalized spacial score (nSPS) is 51.8. The molecule has 0 aromatic carbocycles. The van der Waals surface area contributed by atoms with Gasteiger partial charge in [0.15, 0.2) is 0 Å². The Kier molecular flexibility index (Phi) is 3.98. The highest BCUT2D eigenvalue weighted by Gasteiger charge is 2.80. The Morgan fingerprint density at radius 3 is 2.68 bits per heavy atom. The molecule has 0 bridgehead atoms. The Morgan fingerprint density at radius 2 is 2.04 bits per heavy atom. The smallest absolute Gasteiger partial charge is 0.130 e. The van der Waals surface area contributed by atoms with Crippen LogP contribution in [0.4, 0.5) is 0 Å². The first-order valence-corrected chi connectivity index (χ1v) is 10.0. The Bertz CT molecular complexity index is 599. The zero-order valence-electron chi connectivity index (χ0n) is 16.3. The van der Waals surface area contributed by atoms with E-state index < -0.39 is 11.2 Å². The predicted octanol–water partition coefficient (Wildman–Crippen LogP) is 3.06. The van der Waals surface area contributed by atoms with Gasteiger partial charge in [0.05, 0.1) is 18.8 Å². The summed E-state index contributed by atoms with van der Waals surface area (Å²) < 4.78 is 11.9. The van der Waals surface area contributed by atoms with E-state index in [2.05, 4.69) is 27.7 Å². The third-order valence-corrected chi connectivity index (χ3v) is 8.10. The third-order valence-electron chi connectivity index (χ3n) is 8.10. The molecule has 0 amide bonds. The largest absolute Gasteiger partial charge is 0.393 e. The third kappa shape index (κ3) is 2.14. The quantitative estimate of drug-likeness (QED) is 0.607. The van der Waals surface area contributed by atoms with Crippen molar-refractivity contribution in [1.82, 2.24) is 0 Å². The number of aliphatic hydroxyl groups is 2. The molecular formula is C21H34O4. The Balaban J connectivity index is 1.82. The Hall–Kier alpha value is -0.420. The van der Waals surface area contributed by atoms with Crippen LogP contribution in [0, 0.1) is 23.2 Å². The van der Waals surface area contributed by atoms with Gasteiger partial charge in [-0.2, -0.15) is 0 Å². The molecule has 7 atom stereocenters. The van der Waals surface area contributed by atoms with Crippen LogP contribution in [0.3, 0.4) is 0 Å². The Labute approximate surface area is 151 Å². The molecule has 4 heteroatoms. The van der Waals surface area contributed by atoms with Crippen LogP contribution in [-0.2, 0) is 9.47 Å². The van der Waals surface area contributed by atoms with Crippen LogP contribution in [-0.4, -0.2) is 47.3 Å². The lowest BCUT2D eigenvalue weighted by Gasteiger charge is -2.41. The summed E-state index contributed by atoms with van der Waals surface area (Å²) in [6.07, 6.45) is 4.21. The minimum absolute atomic E-state index is 0.0499. The summed E-state index contributed by atoms with van der Waals surface area (Å²) >= 11 is 0. The summed E-state index contributed by atoms with van der Waals surface area (Å²) in [4.78, 5) is 0. The van der Waals surface area contributed by atoms with Gasteiger partial charge in [0, 0.05) is 12.5 Å². The molecule has 4 rings (SSSR count). The molecule has 142 valence electrons. The Morgan fingerprint density at radius 1 is 1.32 bits per heavy atom. The second kappa shape index (κ2) is 5.54. The number of fused-ring (bicyclic) bond motifs is 2. The molecule has 1 aliphatic heterocycles. The van der Waals surface area contributed by atoms with Gasteiger partial charge in [-0.05, 0) is 49.9 Å². The molecular weight excluding hydrogens is 316 g/mol. The predicted molar refractivity (Wildman–Crippen MR) is 96.1 cm³/mol. The van der Waals surface area contributed by atoms with Crippen molar-refractivity contribution in [2.75, 3.05) is 13.7 Å².